The van der Waals surface area contributed by atoms with Crippen LogP contribution >= 0.6 is 0 Å². The predicted molar refractivity (Wildman–Crippen MR) is 70.0 cm³/mol. The average molecular weight is 252 g/mol. The highest BCUT2D eigenvalue weighted by Crippen LogP contribution is 2.23. The molecule has 18 heavy (non-hydrogen) atoms. The minimum Gasteiger partial charge on any atom is -0.393 e. The lowest BCUT2D eigenvalue weighted by atomic mass is 9.87. The summed E-state index contributed by atoms with van der Waals surface area (Å²) in [4.78, 5) is 4.28. The summed E-state index contributed by atoms with van der Waals surface area (Å²) in [7, 11) is 0. The first-order chi connectivity index (χ1) is 8.79. The van der Waals surface area contributed by atoms with Crippen LogP contribution in [0.5, 0.6) is 0 Å². The molecule has 0 unspecified atom stereocenters. The molecule has 2 rings (SSSR count). The lowest BCUT2D eigenvalue weighted by Gasteiger charge is -2.25. The number of aliphatic hydroxyl groups is 1. The molecule has 1 aliphatic carbocycles. The predicted octanol–water partition coefficient (Wildman–Crippen LogP) is 1.33. The zero-order chi connectivity index (χ0) is 12.8. The fourth-order valence-corrected chi connectivity index (χ4v) is 2.56. The number of aromatic nitrogens is 3. The monoisotopic (exact) mass is 252 g/mol. The van der Waals surface area contributed by atoms with Crippen LogP contribution in [0.15, 0.2) is 6.33 Å². The Morgan fingerprint density at radius 1 is 1.39 bits per heavy atom. The largest absolute Gasteiger partial charge is 0.393 e. The SMILES string of the molecule is CCCn1ncnc1CNCC1CCC(O)CC1. The number of hydrogen-bond donors (Lipinski definition) is 2. The van der Waals surface area contributed by atoms with Gasteiger partial charge in [-0.3, -0.25) is 0 Å². The van der Waals surface area contributed by atoms with Crippen LogP contribution in [-0.4, -0.2) is 32.5 Å². The Bertz CT molecular complexity index is 345. The third kappa shape index (κ3) is 3.78. The zero-order valence-corrected chi connectivity index (χ0v) is 11.2. The van der Waals surface area contributed by atoms with Gasteiger partial charge in [-0.1, -0.05) is 6.92 Å². The smallest absolute Gasteiger partial charge is 0.140 e. The Labute approximate surface area is 109 Å². The summed E-state index contributed by atoms with van der Waals surface area (Å²) in [5.41, 5.74) is 0. The molecule has 1 saturated carbocycles. The van der Waals surface area contributed by atoms with Gasteiger partial charge in [0.05, 0.1) is 12.6 Å². The van der Waals surface area contributed by atoms with Gasteiger partial charge in [-0.05, 0) is 44.6 Å². The van der Waals surface area contributed by atoms with Crippen molar-refractivity contribution >= 4 is 0 Å². The molecule has 102 valence electrons. The van der Waals surface area contributed by atoms with Crippen molar-refractivity contribution in [3.05, 3.63) is 12.2 Å². The first kappa shape index (κ1) is 13.5. The minimum absolute atomic E-state index is 0.0612. The number of aliphatic hydroxyl groups excluding tert-OH is 1. The molecule has 0 aliphatic heterocycles. The van der Waals surface area contributed by atoms with Crippen molar-refractivity contribution in [2.75, 3.05) is 6.54 Å². The molecule has 1 heterocycles. The molecule has 1 aromatic heterocycles. The second-order valence-corrected chi connectivity index (χ2v) is 5.20. The molecule has 2 N–H and O–H groups in total. The number of nitrogens with one attached hydrogen (secondary N) is 1. The van der Waals surface area contributed by atoms with Crippen LogP contribution in [0.1, 0.15) is 44.9 Å². The van der Waals surface area contributed by atoms with E-state index in [1.54, 1.807) is 6.33 Å². The van der Waals surface area contributed by atoms with E-state index in [-0.39, 0.29) is 6.10 Å². The second-order valence-electron chi connectivity index (χ2n) is 5.20. The summed E-state index contributed by atoms with van der Waals surface area (Å²) in [5, 5.41) is 17.1. The molecule has 0 radical (unpaired) electrons. The van der Waals surface area contributed by atoms with Gasteiger partial charge in [-0.15, -0.1) is 0 Å². The van der Waals surface area contributed by atoms with Gasteiger partial charge < -0.3 is 10.4 Å². The molecule has 0 spiro atoms. The van der Waals surface area contributed by atoms with Crippen LogP contribution in [0.2, 0.25) is 0 Å². The summed E-state index contributed by atoms with van der Waals surface area (Å²) < 4.78 is 1.97. The lowest BCUT2D eigenvalue weighted by Crippen LogP contribution is -2.28. The maximum atomic E-state index is 9.46. The molecule has 0 aromatic carbocycles. The van der Waals surface area contributed by atoms with Crippen molar-refractivity contribution in [1.82, 2.24) is 20.1 Å². The van der Waals surface area contributed by atoms with E-state index >= 15 is 0 Å². The first-order valence-electron chi connectivity index (χ1n) is 7.05. The van der Waals surface area contributed by atoms with Crippen LogP contribution in [0, 0.1) is 5.92 Å². The summed E-state index contributed by atoms with van der Waals surface area (Å²) in [6.45, 7) is 4.89. The normalized spacial score (nSPS) is 24.3. The molecular weight excluding hydrogens is 228 g/mol. The van der Waals surface area contributed by atoms with Crippen molar-refractivity contribution in [3.63, 3.8) is 0 Å². The molecule has 5 heteroatoms. The van der Waals surface area contributed by atoms with Crippen molar-refractivity contribution in [2.45, 2.75) is 58.2 Å². The first-order valence-corrected chi connectivity index (χ1v) is 7.05. The van der Waals surface area contributed by atoms with Gasteiger partial charge >= 0.3 is 0 Å². The lowest BCUT2D eigenvalue weighted by molar-refractivity contribution is 0.108. The van der Waals surface area contributed by atoms with E-state index in [0.717, 1.165) is 57.6 Å². The van der Waals surface area contributed by atoms with Gasteiger partial charge in [0.2, 0.25) is 0 Å². The van der Waals surface area contributed by atoms with Gasteiger partial charge in [0, 0.05) is 6.54 Å². The highest BCUT2D eigenvalue weighted by atomic mass is 16.3. The maximum absolute atomic E-state index is 9.46. The van der Waals surface area contributed by atoms with Crippen molar-refractivity contribution in [1.29, 1.82) is 0 Å². The Morgan fingerprint density at radius 2 is 2.17 bits per heavy atom. The van der Waals surface area contributed by atoms with Gasteiger partial charge in [0.15, 0.2) is 0 Å². The molecule has 0 atom stereocenters. The maximum Gasteiger partial charge on any atom is 0.140 e. The highest BCUT2D eigenvalue weighted by Gasteiger charge is 2.18. The quantitative estimate of drug-likeness (QED) is 0.801. The fourth-order valence-electron chi connectivity index (χ4n) is 2.56. The van der Waals surface area contributed by atoms with Crippen molar-refractivity contribution in [2.24, 2.45) is 5.92 Å². The molecule has 1 fully saturated rings. The third-order valence-electron chi connectivity index (χ3n) is 3.66. The van der Waals surface area contributed by atoms with Gasteiger partial charge in [-0.25, -0.2) is 9.67 Å². The molecule has 1 aromatic rings. The molecule has 0 bridgehead atoms. The topological polar surface area (TPSA) is 63.0 Å². The molecule has 0 amide bonds. The van der Waals surface area contributed by atoms with E-state index < -0.39 is 0 Å². The number of aryl methyl sites for hydroxylation is 1. The minimum atomic E-state index is -0.0612. The zero-order valence-electron chi connectivity index (χ0n) is 11.2. The van der Waals surface area contributed by atoms with E-state index in [0.29, 0.717) is 5.92 Å². The van der Waals surface area contributed by atoms with Crippen LogP contribution in [0.3, 0.4) is 0 Å². The Kier molecular flexibility index (Phi) is 5.13. The summed E-state index contributed by atoms with van der Waals surface area (Å²) in [5.74, 6) is 1.73. The number of nitrogens with zero attached hydrogens (tertiary/aromatic N) is 3. The Hall–Kier alpha value is -0.940. The van der Waals surface area contributed by atoms with Gasteiger partial charge in [0.25, 0.3) is 0 Å². The van der Waals surface area contributed by atoms with E-state index in [1.807, 2.05) is 4.68 Å². The summed E-state index contributed by atoms with van der Waals surface area (Å²) in [6, 6.07) is 0. The van der Waals surface area contributed by atoms with E-state index in [2.05, 4.69) is 22.3 Å². The average Bonchev–Trinajstić information content (AvgIpc) is 2.80. The molecule has 1 aliphatic rings. The Balaban J connectivity index is 1.70. The third-order valence-corrected chi connectivity index (χ3v) is 3.66. The van der Waals surface area contributed by atoms with E-state index in [1.165, 1.54) is 0 Å². The van der Waals surface area contributed by atoms with Crippen LogP contribution in [0.4, 0.5) is 0 Å². The van der Waals surface area contributed by atoms with Gasteiger partial charge in [-0.2, -0.15) is 5.10 Å². The highest BCUT2D eigenvalue weighted by molar-refractivity contribution is 4.84. The van der Waals surface area contributed by atoms with Crippen molar-refractivity contribution in [3.8, 4) is 0 Å². The summed E-state index contributed by atoms with van der Waals surface area (Å²) in [6.07, 6.45) is 6.83. The number of rotatable bonds is 6. The molecular formula is C13H24N4O. The number of hydrogen-bond acceptors (Lipinski definition) is 4. The van der Waals surface area contributed by atoms with Crippen LogP contribution < -0.4 is 5.32 Å². The Morgan fingerprint density at radius 3 is 2.89 bits per heavy atom. The molecule has 5 nitrogen and oxygen atoms in total. The molecule has 0 saturated heterocycles. The standard InChI is InChI=1S/C13H24N4O/c1-2-7-17-13(15-10-16-17)9-14-8-11-3-5-12(18)6-4-11/h10-12,14,18H,2-9H2,1H3. The van der Waals surface area contributed by atoms with Crippen molar-refractivity contribution < 1.29 is 5.11 Å². The fraction of sp³-hybridized carbons (Fsp3) is 0.846. The van der Waals surface area contributed by atoms with E-state index in [4.69, 9.17) is 0 Å². The van der Waals surface area contributed by atoms with Crippen LogP contribution in [0.25, 0.3) is 0 Å². The van der Waals surface area contributed by atoms with E-state index in [9.17, 15) is 5.11 Å². The second kappa shape index (κ2) is 6.85. The summed E-state index contributed by atoms with van der Waals surface area (Å²) >= 11 is 0. The van der Waals surface area contributed by atoms with Gasteiger partial charge in [0.1, 0.15) is 12.2 Å². The van der Waals surface area contributed by atoms with Crippen LogP contribution in [-0.2, 0) is 13.1 Å².